The lowest BCUT2D eigenvalue weighted by molar-refractivity contribution is -0.129. The molecule has 0 bridgehead atoms. The van der Waals surface area contributed by atoms with Gasteiger partial charge in [0.05, 0.1) is 28.2 Å². The molecule has 0 saturated carbocycles. The van der Waals surface area contributed by atoms with Crippen LogP contribution in [0.5, 0.6) is 0 Å². The number of aryl methyl sites for hydroxylation is 1. The normalized spacial score (nSPS) is 10.8. The van der Waals surface area contributed by atoms with Crippen LogP contribution in [0.15, 0.2) is 36.4 Å². The molecule has 0 fully saturated rings. The molecule has 2 amide bonds. The third kappa shape index (κ3) is 3.80. The molecular formula is C17H17N3O2S2. The first-order valence-corrected chi connectivity index (χ1v) is 9.09. The first-order valence-electron chi connectivity index (χ1n) is 7.46. The van der Waals surface area contributed by atoms with Crippen LogP contribution in [-0.2, 0) is 11.3 Å². The van der Waals surface area contributed by atoms with Gasteiger partial charge in [-0.1, -0.05) is 12.1 Å². The molecule has 5 nitrogen and oxygen atoms in total. The number of amides is 2. The number of fused-ring (bicyclic) bond motifs is 1. The molecule has 0 aliphatic carbocycles. The molecule has 3 rings (SSSR count). The maximum atomic E-state index is 12.2. The number of para-hydroxylation sites is 1. The van der Waals surface area contributed by atoms with Gasteiger partial charge in [0.15, 0.2) is 0 Å². The Morgan fingerprint density at radius 1 is 1.17 bits per heavy atom. The predicted molar refractivity (Wildman–Crippen MR) is 97.5 cm³/mol. The van der Waals surface area contributed by atoms with Gasteiger partial charge in [-0.05, 0) is 31.2 Å². The summed E-state index contributed by atoms with van der Waals surface area (Å²) in [5, 5.41) is 3.55. The van der Waals surface area contributed by atoms with E-state index in [1.807, 2.05) is 37.3 Å². The number of likely N-dealkylation sites (N-methyl/N-ethyl adjacent to an activating group) is 1. The number of thiophene rings is 1. The van der Waals surface area contributed by atoms with Crippen molar-refractivity contribution >= 4 is 44.7 Å². The molecule has 0 atom stereocenters. The van der Waals surface area contributed by atoms with Crippen LogP contribution >= 0.6 is 22.7 Å². The van der Waals surface area contributed by atoms with E-state index in [4.69, 9.17) is 0 Å². The second-order valence-electron chi connectivity index (χ2n) is 5.42. The van der Waals surface area contributed by atoms with Crippen molar-refractivity contribution < 1.29 is 9.59 Å². The number of rotatable bonds is 5. The van der Waals surface area contributed by atoms with E-state index in [0.717, 1.165) is 20.1 Å². The number of carbonyl (C=O) groups excluding carboxylic acids is 2. The SMILES string of the molecule is Cc1ccc(C(=O)NCC(=O)N(C)Cc2nc3ccccc3s2)s1. The molecular weight excluding hydrogens is 342 g/mol. The molecule has 0 aliphatic heterocycles. The van der Waals surface area contributed by atoms with Crippen LogP contribution < -0.4 is 5.32 Å². The van der Waals surface area contributed by atoms with Crippen molar-refractivity contribution in [3.8, 4) is 0 Å². The fraction of sp³-hybridized carbons (Fsp3) is 0.235. The van der Waals surface area contributed by atoms with E-state index in [1.54, 1.807) is 29.4 Å². The number of benzene rings is 1. The van der Waals surface area contributed by atoms with E-state index in [2.05, 4.69) is 10.3 Å². The maximum absolute atomic E-state index is 12.2. The Labute approximate surface area is 147 Å². The van der Waals surface area contributed by atoms with Crippen molar-refractivity contribution in [3.63, 3.8) is 0 Å². The van der Waals surface area contributed by atoms with Gasteiger partial charge in [0.25, 0.3) is 5.91 Å². The Hall–Kier alpha value is -2.25. The molecule has 2 aromatic heterocycles. The number of hydrogen-bond acceptors (Lipinski definition) is 5. The lowest BCUT2D eigenvalue weighted by Crippen LogP contribution is -2.37. The molecule has 0 unspecified atom stereocenters. The lowest BCUT2D eigenvalue weighted by atomic mass is 10.3. The molecule has 124 valence electrons. The largest absolute Gasteiger partial charge is 0.342 e. The van der Waals surface area contributed by atoms with E-state index < -0.39 is 0 Å². The van der Waals surface area contributed by atoms with Gasteiger partial charge in [-0.3, -0.25) is 9.59 Å². The Morgan fingerprint density at radius 3 is 2.67 bits per heavy atom. The summed E-state index contributed by atoms with van der Waals surface area (Å²) in [5.74, 6) is -0.356. The molecule has 0 spiro atoms. The molecule has 1 N–H and O–H groups in total. The fourth-order valence-corrected chi connectivity index (χ4v) is 4.02. The highest BCUT2D eigenvalue weighted by atomic mass is 32.1. The fourth-order valence-electron chi connectivity index (χ4n) is 2.21. The van der Waals surface area contributed by atoms with Crippen molar-refractivity contribution in [2.24, 2.45) is 0 Å². The third-order valence-corrected chi connectivity index (χ3v) is 5.52. The quantitative estimate of drug-likeness (QED) is 0.762. The van der Waals surface area contributed by atoms with Crippen molar-refractivity contribution in [1.82, 2.24) is 15.2 Å². The van der Waals surface area contributed by atoms with Crippen LogP contribution in [0.3, 0.4) is 0 Å². The van der Waals surface area contributed by atoms with Gasteiger partial charge in [0, 0.05) is 11.9 Å². The number of aromatic nitrogens is 1. The van der Waals surface area contributed by atoms with Crippen molar-refractivity contribution in [3.05, 3.63) is 51.2 Å². The van der Waals surface area contributed by atoms with Gasteiger partial charge >= 0.3 is 0 Å². The average molecular weight is 359 g/mol. The van der Waals surface area contributed by atoms with Crippen molar-refractivity contribution in [2.75, 3.05) is 13.6 Å². The van der Waals surface area contributed by atoms with Crippen molar-refractivity contribution in [2.45, 2.75) is 13.5 Å². The molecule has 7 heteroatoms. The molecule has 0 radical (unpaired) electrons. The standard InChI is InChI=1S/C17H17N3O2S2/c1-11-7-8-14(23-11)17(22)18-9-16(21)20(2)10-15-19-12-5-3-4-6-13(12)24-15/h3-8H,9-10H2,1-2H3,(H,18,22). The monoisotopic (exact) mass is 359 g/mol. The lowest BCUT2D eigenvalue weighted by Gasteiger charge is -2.15. The van der Waals surface area contributed by atoms with Gasteiger partial charge in [-0.2, -0.15) is 0 Å². The summed E-state index contributed by atoms with van der Waals surface area (Å²) in [7, 11) is 1.72. The Morgan fingerprint density at radius 2 is 1.96 bits per heavy atom. The average Bonchev–Trinajstić information content (AvgIpc) is 3.17. The Kier molecular flexibility index (Phi) is 4.92. The summed E-state index contributed by atoms with van der Waals surface area (Å²) in [6.07, 6.45) is 0. The maximum Gasteiger partial charge on any atom is 0.261 e. The minimum absolute atomic E-state index is 0.0167. The number of hydrogen-bond donors (Lipinski definition) is 1. The van der Waals surface area contributed by atoms with E-state index in [-0.39, 0.29) is 18.4 Å². The summed E-state index contributed by atoms with van der Waals surface area (Å²) >= 11 is 2.99. The summed E-state index contributed by atoms with van der Waals surface area (Å²) in [4.78, 5) is 32.0. The first kappa shape index (κ1) is 16.6. The van der Waals surface area contributed by atoms with Crippen molar-refractivity contribution in [1.29, 1.82) is 0 Å². The summed E-state index contributed by atoms with van der Waals surface area (Å²) in [5.41, 5.74) is 0.944. The predicted octanol–water partition coefficient (Wildman–Crippen LogP) is 3.05. The smallest absolute Gasteiger partial charge is 0.261 e. The highest BCUT2D eigenvalue weighted by molar-refractivity contribution is 7.18. The Balaban J connectivity index is 1.55. The molecule has 0 saturated heterocycles. The summed E-state index contributed by atoms with van der Waals surface area (Å²) < 4.78 is 1.11. The second kappa shape index (κ2) is 7.11. The third-order valence-electron chi connectivity index (χ3n) is 3.50. The summed E-state index contributed by atoms with van der Waals surface area (Å²) in [6, 6.07) is 11.6. The first-order chi connectivity index (χ1) is 11.5. The topological polar surface area (TPSA) is 62.3 Å². The Bertz CT molecular complexity index is 852. The minimum atomic E-state index is -0.213. The highest BCUT2D eigenvalue weighted by Crippen LogP contribution is 2.22. The summed E-state index contributed by atoms with van der Waals surface area (Å²) in [6.45, 7) is 2.36. The highest BCUT2D eigenvalue weighted by Gasteiger charge is 2.14. The van der Waals surface area contributed by atoms with Crippen LogP contribution in [-0.4, -0.2) is 35.3 Å². The van der Waals surface area contributed by atoms with Crippen LogP contribution in [0.4, 0.5) is 0 Å². The minimum Gasteiger partial charge on any atom is -0.342 e. The van der Waals surface area contributed by atoms with E-state index >= 15 is 0 Å². The van der Waals surface area contributed by atoms with Gasteiger partial charge in [-0.25, -0.2) is 4.98 Å². The van der Waals surface area contributed by atoms with Crippen LogP contribution in [0, 0.1) is 6.92 Å². The zero-order valence-corrected chi connectivity index (χ0v) is 15.0. The second-order valence-corrected chi connectivity index (χ2v) is 7.82. The van der Waals surface area contributed by atoms with Gasteiger partial charge in [0.2, 0.25) is 5.91 Å². The van der Waals surface area contributed by atoms with Gasteiger partial charge < -0.3 is 10.2 Å². The van der Waals surface area contributed by atoms with Gasteiger partial charge in [-0.15, -0.1) is 22.7 Å². The van der Waals surface area contributed by atoms with Gasteiger partial charge in [0.1, 0.15) is 5.01 Å². The molecule has 0 aliphatic rings. The number of carbonyl (C=O) groups is 2. The molecule has 1 aromatic carbocycles. The number of nitrogens with one attached hydrogen (secondary N) is 1. The zero-order chi connectivity index (χ0) is 17.1. The number of thiazole rings is 1. The van der Waals surface area contributed by atoms with Crippen LogP contribution in [0.1, 0.15) is 19.6 Å². The molecule has 3 aromatic rings. The van der Waals surface area contributed by atoms with Crippen LogP contribution in [0.25, 0.3) is 10.2 Å². The van der Waals surface area contributed by atoms with Crippen LogP contribution in [0.2, 0.25) is 0 Å². The number of nitrogens with zero attached hydrogens (tertiary/aromatic N) is 2. The van der Waals surface area contributed by atoms with E-state index in [1.165, 1.54) is 11.3 Å². The molecule has 24 heavy (non-hydrogen) atoms. The van der Waals surface area contributed by atoms with E-state index in [0.29, 0.717) is 11.4 Å². The van der Waals surface area contributed by atoms with E-state index in [9.17, 15) is 9.59 Å². The molecule has 2 heterocycles. The zero-order valence-electron chi connectivity index (χ0n) is 13.4.